The Bertz CT molecular complexity index is 1570. The molecule has 0 spiro atoms. The maximum absolute atomic E-state index is 13.9. The van der Waals surface area contributed by atoms with Crippen LogP contribution < -0.4 is 10.3 Å². The summed E-state index contributed by atoms with van der Waals surface area (Å²) in [5.41, 5.74) is 6.19. The van der Waals surface area contributed by atoms with Crippen molar-refractivity contribution in [2.45, 2.75) is 26.5 Å². The van der Waals surface area contributed by atoms with Gasteiger partial charge in [0.25, 0.3) is 5.56 Å². The molecule has 4 nitrogen and oxygen atoms in total. The first kappa shape index (κ1) is 25.0. The highest BCUT2D eigenvalue weighted by molar-refractivity contribution is 5.84. The summed E-state index contributed by atoms with van der Waals surface area (Å²) >= 11 is 0. The lowest BCUT2D eigenvalue weighted by molar-refractivity contribution is 0.307. The van der Waals surface area contributed by atoms with E-state index in [0.717, 1.165) is 40.1 Å². The summed E-state index contributed by atoms with van der Waals surface area (Å²) in [6.07, 6.45) is 4.62. The van der Waals surface area contributed by atoms with Crippen LogP contribution in [-0.2, 0) is 19.6 Å². The highest BCUT2D eigenvalue weighted by atomic mass is 16.5. The molecular formula is C34H30N2O2. The molecule has 0 radical (unpaired) electrons. The number of aromatic nitrogens is 2. The van der Waals surface area contributed by atoms with E-state index in [2.05, 4.69) is 12.1 Å². The van der Waals surface area contributed by atoms with E-state index >= 15 is 0 Å². The minimum atomic E-state index is -0.119. The van der Waals surface area contributed by atoms with E-state index in [1.54, 1.807) is 4.68 Å². The number of ether oxygens (including phenoxy) is 1. The molecule has 188 valence electrons. The van der Waals surface area contributed by atoms with E-state index in [0.29, 0.717) is 18.7 Å². The quantitative estimate of drug-likeness (QED) is 0.216. The normalized spacial score (nSPS) is 11.1. The van der Waals surface area contributed by atoms with E-state index in [4.69, 9.17) is 9.84 Å². The third-order valence-corrected chi connectivity index (χ3v) is 6.46. The van der Waals surface area contributed by atoms with Crippen LogP contribution >= 0.6 is 0 Å². The molecule has 1 aromatic heterocycles. The van der Waals surface area contributed by atoms with E-state index < -0.39 is 0 Å². The zero-order chi connectivity index (χ0) is 26.2. The minimum absolute atomic E-state index is 0.119. The Morgan fingerprint density at radius 3 is 2.05 bits per heavy atom. The van der Waals surface area contributed by atoms with E-state index in [1.165, 1.54) is 5.56 Å². The fourth-order valence-corrected chi connectivity index (χ4v) is 4.52. The van der Waals surface area contributed by atoms with Gasteiger partial charge in [0.1, 0.15) is 12.4 Å². The molecule has 0 N–H and O–H groups in total. The summed E-state index contributed by atoms with van der Waals surface area (Å²) < 4.78 is 7.85. The van der Waals surface area contributed by atoms with Gasteiger partial charge < -0.3 is 4.74 Å². The Morgan fingerprint density at radius 1 is 0.737 bits per heavy atom. The predicted molar refractivity (Wildman–Crippen MR) is 155 cm³/mol. The summed E-state index contributed by atoms with van der Waals surface area (Å²) in [6.45, 7) is 2.90. The third-order valence-electron chi connectivity index (χ3n) is 6.46. The fraction of sp³-hybridized carbons (Fsp3) is 0.118. The molecule has 0 aliphatic carbocycles. The number of para-hydroxylation sites is 1. The summed E-state index contributed by atoms with van der Waals surface area (Å²) in [5, 5.41) is 4.75. The standard InChI is InChI=1S/C34H30N2O2/c1-26-33(30-19-11-12-20-32(30)38-25-29-17-9-4-10-18-29)31(22-21-27-13-5-2-6-14-27)34(37)36(35-26)24-23-28-15-7-3-8-16-28/h2-22H,23-25H2,1H3/b22-21+. The molecule has 5 aromatic rings. The van der Waals surface area contributed by atoms with Gasteiger partial charge >= 0.3 is 0 Å². The highest BCUT2D eigenvalue weighted by Gasteiger charge is 2.18. The summed E-state index contributed by atoms with van der Waals surface area (Å²) in [5.74, 6) is 0.719. The van der Waals surface area contributed by atoms with Crippen LogP contribution in [0.5, 0.6) is 5.75 Å². The molecule has 0 fully saturated rings. The van der Waals surface area contributed by atoms with Crippen LogP contribution in [0.15, 0.2) is 120 Å². The fourth-order valence-electron chi connectivity index (χ4n) is 4.52. The number of aryl methyl sites for hydroxylation is 3. The van der Waals surface area contributed by atoms with Gasteiger partial charge in [-0.25, -0.2) is 4.68 Å². The predicted octanol–water partition coefficient (Wildman–Crippen LogP) is 7.21. The molecule has 1 heterocycles. The third kappa shape index (κ3) is 5.98. The maximum Gasteiger partial charge on any atom is 0.274 e. The van der Waals surface area contributed by atoms with Crippen molar-refractivity contribution in [3.8, 4) is 16.9 Å². The first-order valence-corrected chi connectivity index (χ1v) is 12.8. The van der Waals surface area contributed by atoms with Crippen LogP contribution in [0.4, 0.5) is 0 Å². The van der Waals surface area contributed by atoms with E-state index in [9.17, 15) is 4.79 Å². The summed E-state index contributed by atoms with van der Waals surface area (Å²) in [4.78, 5) is 13.9. The van der Waals surface area contributed by atoms with Crippen LogP contribution in [0.25, 0.3) is 23.3 Å². The SMILES string of the molecule is Cc1nn(CCc2ccccc2)c(=O)c(/C=C/c2ccccc2)c1-c1ccccc1OCc1ccccc1. The molecule has 5 rings (SSSR count). The minimum Gasteiger partial charge on any atom is -0.488 e. The lowest BCUT2D eigenvalue weighted by atomic mass is 9.97. The Hall–Kier alpha value is -4.70. The molecule has 4 aromatic carbocycles. The van der Waals surface area contributed by atoms with Crippen molar-refractivity contribution in [2.75, 3.05) is 0 Å². The van der Waals surface area contributed by atoms with Crippen molar-refractivity contribution in [1.82, 2.24) is 9.78 Å². The average molecular weight is 499 g/mol. The van der Waals surface area contributed by atoms with Gasteiger partial charge in [0.15, 0.2) is 0 Å². The molecule has 0 saturated carbocycles. The zero-order valence-corrected chi connectivity index (χ0v) is 21.5. The van der Waals surface area contributed by atoms with Crippen LogP contribution in [0.2, 0.25) is 0 Å². The number of hydrogen-bond donors (Lipinski definition) is 0. The monoisotopic (exact) mass is 498 g/mol. The van der Waals surface area contributed by atoms with Gasteiger partial charge in [-0.2, -0.15) is 5.10 Å². The Labute approximate surface area is 223 Å². The Kier molecular flexibility index (Phi) is 7.90. The van der Waals surface area contributed by atoms with Gasteiger partial charge in [-0.3, -0.25) is 4.79 Å². The molecule has 0 saturated heterocycles. The molecule has 38 heavy (non-hydrogen) atoms. The summed E-state index contributed by atoms with van der Waals surface area (Å²) in [6, 6.07) is 38.1. The second-order valence-electron chi connectivity index (χ2n) is 9.15. The van der Waals surface area contributed by atoms with Crippen molar-refractivity contribution in [3.63, 3.8) is 0 Å². The van der Waals surface area contributed by atoms with Crippen LogP contribution in [0.3, 0.4) is 0 Å². The second kappa shape index (κ2) is 12.0. The van der Waals surface area contributed by atoms with Crippen LogP contribution in [-0.4, -0.2) is 9.78 Å². The Morgan fingerprint density at radius 2 is 1.34 bits per heavy atom. The topological polar surface area (TPSA) is 44.1 Å². The molecule has 4 heteroatoms. The first-order chi connectivity index (χ1) is 18.7. The van der Waals surface area contributed by atoms with Crippen molar-refractivity contribution in [3.05, 3.63) is 154 Å². The molecule has 0 bridgehead atoms. The lowest BCUT2D eigenvalue weighted by Crippen LogP contribution is -2.27. The van der Waals surface area contributed by atoms with E-state index in [-0.39, 0.29) is 5.56 Å². The van der Waals surface area contributed by atoms with Gasteiger partial charge in [0, 0.05) is 17.7 Å². The lowest BCUT2D eigenvalue weighted by Gasteiger charge is -2.17. The van der Waals surface area contributed by atoms with Gasteiger partial charge in [0.2, 0.25) is 0 Å². The molecule has 0 unspecified atom stereocenters. The molecular weight excluding hydrogens is 468 g/mol. The van der Waals surface area contributed by atoms with Gasteiger partial charge in [-0.1, -0.05) is 115 Å². The van der Waals surface area contributed by atoms with Crippen LogP contribution in [0, 0.1) is 6.92 Å². The average Bonchev–Trinajstić information content (AvgIpc) is 2.97. The first-order valence-electron chi connectivity index (χ1n) is 12.8. The zero-order valence-electron chi connectivity index (χ0n) is 21.5. The van der Waals surface area contributed by atoms with Gasteiger partial charge in [0.05, 0.1) is 11.3 Å². The second-order valence-corrected chi connectivity index (χ2v) is 9.15. The Balaban J connectivity index is 1.56. The molecule has 0 aliphatic rings. The van der Waals surface area contributed by atoms with Crippen molar-refractivity contribution < 1.29 is 4.74 Å². The number of hydrogen-bond acceptors (Lipinski definition) is 3. The number of benzene rings is 4. The van der Waals surface area contributed by atoms with Crippen molar-refractivity contribution in [1.29, 1.82) is 0 Å². The number of rotatable bonds is 9. The highest BCUT2D eigenvalue weighted by Crippen LogP contribution is 2.34. The van der Waals surface area contributed by atoms with E-state index in [1.807, 2.05) is 122 Å². The van der Waals surface area contributed by atoms with Crippen LogP contribution in [0.1, 0.15) is 27.9 Å². The summed E-state index contributed by atoms with van der Waals surface area (Å²) in [7, 11) is 0. The molecule has 0 atom stereocenters. The van der Waals surface area contributed by atoms with Crippen molar-refractivity contribution >= 4 is 12.2 Å². The van der Waals surface area contributed by atoms with Gasteiger partial charge in [-0.05, 0) is 42.2 Å². The smallest absolute Gasteiger partial charge is 0.274 e. The molecule has 0 amide bonds. The largest absolute Gasteiger partial charge is 0.488 e. The number of nitrogens with zero attached hydrogens (tertiary/aromatic N) is 2. The van der Waals surface area contributed by atoms with Gasteiger partial charge in [-0.15, -0.1) is 0 Å². The molecule has 0 aliphatic heterocycles. The maximum atomic E-state index is 13.9. The van der Waals surface area contributed by atoms with Crippen molar-refractivity contribution in [2.24, 2.45) is 0 Å².